The summed E-state index contributed by atoms with van der Waals surface area (Å²) >= 11 is 11.6. The van der Waals surface area contributed by atoms with Crippen LogP contribution in [0.5, 0.6) is 5.75 Å². The Morgan fingerprint density at radius 2 is 1.64 bits per heavy atom. The van der Waals surface area contributed by atoms with E-state index in [2.05, 4.69) is 15.4 Å². The Morgan fingerprint density at radius 1 is 0.964 bits per heavy atom. The Kier molecular flexibility index (Phi) is 7.53. The van der Waals surface area contributed by atoms with Crippen molar-refractivity contribution in [1.82, 2.24) is 10.6 Å². The molecule has 0 heterocycles. The fourth-order valence-electron chi connectivity index (χ4n) is 2.17. The third-order valence-corrected chi connectivity index (χ3v) is 4.22. The maximum Gasteiger partial charge on any atom is 0.573 e. The van der Waals surface area contributed by atoms with Gasteiger partial charge in [0.05, 0.1) is 16.6 Å². The highest BCUT2D eigenvalue weighted by atomic mass is 35.5. The average molecular weight is 435 g/mol. The monoisotopic (exact) mass is 434 g/mol. The van der Waals surface area contributed by atoms with Crippen LogP contribution in [0.1, 0.15) is 15.9 Å². The van der Waals surface area contributed by atoms with E-state index in [4.69, 9.17) is 23.2 Å². The van der Waals surface area contributed by atoms with E-state index in [9.17, 15) is 22.8 Å². The largest absolute Gasteiger partial charge is 0.573 e. The van der Waals surface area contributed by atoms with Gasteiger partial charge in [0.25, 0.3) is 5.91 Å². The van der Waals surface area contributed by atoms with E-state index in [1.165, 1.54) is 42.5 Å². The fourth-order valence-corrected chi connectivity index (χ4v) is 2.46. The Hall–Kier alpha value is -2.45. The highest BCUT2D eigenvalue weighted by Gasteiger charge is 2.30. The van der Waals surface area contributed by atoms with Gasteiger partial charge in [0, 0.05) is 12.1 Å². The molecule has 5 nitrogen and oxygen atoms in total. The van der Waals surface area contributed by atoms with Crippen molar-refractivity contribution in [2.45, 2.75) is 12.8 Å². The lowest BCUT2D eigenvalue weighted by molar-refractivity contribution is -0.274. The fraction of sp³-hybridized carbons (Fsp3) is 0.222. The summed E-state index contributed by atoms with van der Waals surface area (Å²) in [6.45, 7) is 0.0123. The Bertz CT molecular complexity index is 843. The van der Waals surface area contributed by atoms with Gasteiger partial charge < -0.3 is 15.4 Å². The molecular weight excluding hydrogens is 420 g/mol. The summed E-state index contributed by atoms with van der Waals surface area (Å²) in [4.78, 5) is 23.7. The quantitative estimate of drug-likeness (QED) is 0.692. The first-order valence-electron chi connectivity index (χ1n) is 7.99. The molecular formula is C18H15Cl2F3N2O3. The molecule has 0 aromatic heterocycles. The number of nitrogens with one attached hydrogen (secondary N) is 2. The summed E-state index contributed by atoms with van der Waals surface area (Å²) < 4.78 is 40.1. The van der Waals surface area contributed by atoms with Crippen LogP contribution < -0.4 is 15.4 Å². The zero-order chi connectivity index (χ0) is 20.7. The molecule has 0 saturated heterocycles. The highest BCUT2D eigenvalue weighted by Crippen LogP contribution is 2.23. The maximum absolute atomic E-state index is 12.1. The molecule has 0 aliphatic rings. The molecule has 0 fully saturated rings. The maximum atomic E-state index is 12.1. The molecule has 2 aromatic carbocycles. The van der Waals surface area contributed by atoms with E-state index in [1.807, 2.05) is 0 Å². The van der Waals surface area contributed by atoms with Gasteiger partial charge in [-0.1, -0.05) is 35.3 Å². The normalized spacial score (nSPS) is 11.0. The molecule has 0 atom stereocenters. The van der Waals surface area contributed by atoms with Crippen molar-refractivity contribution in [2.24, 2.45) is 0 Å². The molecule has 0 bridgehead atoms. The number of amides is 2. The number of rotatable bonds is 7. The number of halogens is 5. The number of hydrogen-bond acceptors (Lipinski definition) is 3. The zero-order valence-electron chi connectivity index (χ0n) is 14.3. The summed E-state index contributed by atoms with van der Waals surface area (Å²) in [5.41, 5.74) is 0.984. The van der Waals surface area contributed by atoms with Crippen LogP contribution in [-0.4, -0.2) is 31.3 Å². The van der Waals surface area contributed by atoms with Gasteiger partial charge in [0.15, 0.2) is 0 Å². The number of ether oxygens (including phenoxy) is 1. The third kappa shape index (κ3) is 7.28. The second-order valence-electron chi connectivity index (χ2n) is 5.60. The number of carbonyl (C=O) groups excluding carboxylic acids is 2. The number of alkyl halides is 3. The minimum absolute atomic E-state index is 0.227. The lowest BCUT2D eigenvalue weighted by Crippen LogP contribution is -2.37. The molecule has 150 valence electrons. The van der Waals surface area contributed by atoms with Crippen LogP contribution in [0.4, 0.5) is 13.2 Å². The first-order chi connectivity index (χ1) is 13.1. The smallest absolute Gasteiger partial charge is 0.406 e. The van der Waals surface area contributed by atoms with E-state index in [0.717, 1.165) is 5.56 Å². The third-order valence-electron chi connectivity index (χ3n) is 3.48. The van der Waals surface area contributed by atoms with Crippen molar-refractivity contribution in [3.8, 4) is 5.75 Å². The van der Waals surface area contributed by atoms with E-state index in [1.54, 1.807) is 0 Å². The molecule has 2 N–H and O–H groups in total. The molecule has 2 aromatic rings. The van der Waals surface area contributed by atoms with Gasteiger partial charge in [-0.3, -0.25) is 9.59 Å². The molecule has 0 spiro atoms. The minimum Gasteiger partial charge on any atom is -0.406 e. The molecule has 2 rings (SSSR count). The second-order valence-corrected chi connectivity index (χ2v) is 6.42. The van der Waals surface area contributed by atoms with Crippen molar-refractivity contribution in [3.63, 3.8) is 0 Å². The summed E-state index contributed by atoms with van der Waals surface area (Å²) in [5, 5.41) is 5.59. The van der Waals surface area contributed by atoms with Gasteiger partial charge in [-0.25, -0.2) is 0 Å². The van der Waals surface area contributed by atoms with Crippen molar-refractivity contribution in [2.75, 3.05) is 13.1 Å². The number of hydrogen-bond donors (Lipinski definition) is 2. The van der Waals surface area contributed by atoms with Gasteiger partial charge in [0.2, 0.25) is 5.91 Å². The highest BCUT2D eigenvalue weighted by molar-refractivity contribution is 6.42. The SMILES string of the molecule is O=C(CNC(=O)c1ccc(Cl)c(Cl)c1)NCCc1ccc(OC(F)(F)F)cc1. The molecule has 0 unspecified atom stereocenters. The minimum atomic E-state index is -4.74. The number of benzene rings is 2. The molecule has 0 aliphatic heterocycles. The van der Waals surface area contributed by atoms with Gasteiger partial charge in [-0.2, -0.15) is 0 Å². The van der Waals surface area contributed by atoms with E-state index in [-0.39, 0.29) is 29.4 Å². The average Bonchev–Trinajstić information content (AvgIpc) is 2.62. The second kappa shape index (κ2) is 9.66. The summed E-state index contributed by atoms with van der Waals surface area (Å²) in [5.74, 6) is -1.20. The van der Waals surface area contributed by atoms with Crippen molar-refractivity contribution in [3.05, 3.63) is 63.6 Å². The summed E-state index contributed by atoms with van der Waals surface area (Å²) in [7, 11) is 0. The zero-order valence-corrected chi connectivity index (χ0v) is 15.8. The Balaban J connectivity index is 1.72. The Labute approximate surface area is 168 Å². The predicted molar refractivity (Wildman–Crippen MR) is 98.6 cm³/mol. The lowest BCUT2D eigenvalue weighted by atomic mass is 10.1. The van der Waals surface area contributed by atoms with Crippen LogP contribution >= 0.6 is 23.2 Å². The van der Waals surface area contributed by atoms with Gasteiger partial charge in [-0.15, -0.1) is 13.2 Å². The van der Waals surface area contributed by atoms with Crippen LogP contribution in [0, 0.1) is 0 Å². The molecule has 10 heteroatoms. The first-order valence-corrected chi connectivity index (χ1v) is 8.74. The van der Waals surface area contributed by atoms with E-state index < -0.39 is 18.2 Å². The first kappa shape index (κ1) is 21.8. The summed E-state index contributed by atoms with van der Waals surface area (Å²) in [6, 6.07) is 9.68. The number of carbonyl (C=O) groups is 2. The van der Waals surface area contributed by atoms with Gasteiger partial charge in [0.1, 0.15) is 5.75 Å². The van der Waals surface area contributed by atoms with Crippen LogP contribution in [-0.2, 0) is 11.2 Å². The Morgan fingerprint density at radius 3 is 2.25 bits per heavy atom. The molecule has 0 saturated carbocycles. The van der Waals surface area contributed by atoms with Crippen LogP contribution in [0.25, 0.3) is 0 Å². The molecule has 28 heavy (non-hydrogen) atoms. The van der Waals surface area contributed by atoms with Crippen LogP contribution in [0.15, 0.2) is 42.5 Å². The molecule has 0 aliphatic carbocycles. The van der Waals surface area contributed by atoms with Crippen molar-refractivity contribution in [1.29, 1.82) is 0 Å². The van der Waals surface area contributed by atoms with Crippen molar-refractivity contribution >= 4 is 35.0 Å². The van der Waals surface area contributed by atoms with E-state index in [0.29, 0.717) is 11.4 Å². The topological polar surface area (TPSA) is 67.4 Å². The predicted octanol–water partition coefficient (Wildman–Crippen LogP) is 3.98. The standard InChI is InChI=1S/C18H15Cl2F3N2O3/c19-14-6-3-12(9-15(14)20)17(27)25-10-16(26)24-8-7-11-1-4-13(5-2-11)28-18(21,22)23/h1-6,9H,7-8,10H2,(H,24,26)(H,25,27). The van der Waals surface area contributed by atoms with Gasteiger partial charge >= 0.3 is 6.36 Å². The van der Waals surface area contributed by atoms with Gasteiger partial charge in [-0.05, 0) is 42.3 Å². The van der Waals surface area contributed by atoms with Crippen LogP contribution in [0.3, 0.4) is 0 Å². The lowest BCUT2D eigenvalue weighted by Gasteiger charge is -2.10. The van der Waals surface area contributed by atoms with Crippen LogP contribution in [0.2, 0.25) is 10.0 Å². The van der Waals surface area contributed by atoms with E-state index >= 15 is 0 Å². The summed E-state index contributed by atoms with van der Waals surface area (Å²) in [6.07, 6.45) is -4.34. The van der Waals surface area contributed by atoms with Crippen molar-refractivity contribution < 1.29 is 27.5 Å². The molecule has 0 radical (unpaired) electrons. The molecule has 2 amide bonds.